The highest BCUT2D eigenvalue weighted by Gasteiger charge is 2.15. The maximum Gasteiger partial charge on any atom is 0.308 e. The number of rotatable bonds is 10. The van der Waals surface area contributed by atoms with Crippen molar-refractivity contribution in [2.45, 2.75) is 27.2 Å². The van der Waals surface area contributed by atoms with Gasteiger partial charge in [0.15, 0.2) is 0 Å². The first-order valence-corrected chi connectivity index (χ1v) is 6.59. The number of hydrogen-bond acceptors (Lipinski definition) is 5. The maximum absolute atomic E-state index is 11.5. The summed E-state index contributed by atoms with van der Waals surface area (Å²) in [5, 5.41) is 10.9. The first-order valence-electron chi connectivity index (χ1n) is 6.59. The Morgan fingerprint density at radius 2 is 1.84 bits per heavy atom. The largest absolute Gasteiger partial charge is 0.463 e. The maximum atomic E-state index is 11.5. The molecular formula is C13H25NO5. The second kappa shape index (κ2) is 10.8. The number of aliphatic hydroxyl groups is 1. The minimum atomic E-state index is -0.522. The predicted molar refractivity (Wildman–Crippen MR) is 70.5 cm³/mol. The monoisotopic (exact) mass is 275 g/mol. The van der Waals surface area contributed by atoms with Crippen LogP contribution >= 0.6 is 0 Å². The highest BCUT2D eigenvalue weighted by atomic mass is 16.6. The number of esters is 1. The molecule has 0 fully saturated rings. The van der Waals surface area contributed by atoms with E-state index in [1.54, 1.807) is 0 Å². The van der Waals surface area contributed by atoms with Crippen molar-refractivity contribution in [2.75, 3.05) is 33.0 Å². The third kappa shape index (κ3) is 10.5. The summed E-state index contributed by atoms with van der Waals surface area (Å²) in [5.74, 6) is -0.263. The summed E-state index contributed by atoms with van der Waals surface area (Å²) in [6, 6.07) is 0. The number of nitrogens with one attached hydrogen (secondary N) is 1. The first kappa shape index (κ1) is 17.9. The van der Waals surface area contributed by atoms with E-state index in [4.69, 9.17) is 14.6 Å². The number of carbonyl (C=O) groups is 2. The predicted octanol–water partition coefficient (Wildman–Crippen LogP) is 0.337. The zero-order valence-corrected chi connectivity index (χ0v) is 12.0. The lowest BCUT2D eigenvalue weighted by Gasteiger charge is -2.13. The molecule has 0 rings (SSSR count). The van der Waals surface area contributed by atoms with Gasteiger partial charge < -0.3 is 19.9 Å². The van der Waals surface area contributed by atoms with Crippen LogP contribution in [0, 0.1) is 11.8 Å². The topological polar surface area (TPSA) is 84.9 Å². The molecule has 0 spiro atoms. The van der Waals surface area contributed by atoms with Gasteiger partial charge in [0, 0.05) is 6.54 Å². The van der Waals surface area contributed by atoms with Crippen molar-refractivity contribution < 1.29 is 24.2 Å². The molecule has 1 unspecified atom stereocenters. The zero-order chi connectivity index (χ0) is 14.7. The molecule has 0 saturated carbocycles. The van der Waals surface area contributed by atoms with E-state index < -0.39 is 12.5 Å². The van der Waals surface area contributed by atoms with Gasteiger partial charge in [0.2, 0.25) is 5.91 Å². The van der Waals surface area contributed by atoms with Gasteiger partial charge in [-0.05, 0) is 12.3 Å². The Labute approximate surface area is 114 Å². The molecule has 0 bridgehead atoms. The van der Waals surface area contributed by atoms with Gasteiger partial charge in [-0.15, -0.1) is 0 Å². The van der Waals surface area contributed by atoms with Crippen molar-refractivity contribution in [3.05, 3.63) is 0 Å². The van der Waals surface area contributed by atoms with E-state index >= 15 is 0 Å². The van der Waals surface area contributed by atoms with Crippen LogP contribution in [0.25, 0.3) is 0 Å². The lowest BCUT2D eigenvalue weighted by Crippen LogP contribution is -2.30. The number of amides is 1. The van der Waals surface area contributed by atoms with Crippen LogP contribution in [0.4, 0.5) is 0 Å². The van der Waals surface area contributed by atoms with Crippen molar-refractivity contribution in [3.63, 3.8) is 0 Å². The molecule has 0 heterocycles. The van der Waals surface area contributed by atoms with Crippen LogP contribution in [-0.4, -0.2) is 50.0 Å². The second-order valence-corrected chi connectivity index (χ2v) is 4.82. The van der Waals surface area contributed by atoms with E-state index in [2.05, 4.69) is 19.2 Å². The summed E-state index contributed by atoms with van der Waals surface area (Å²) >= 11 is 0. The van der Waals surface area contributed by atoms with Gasteiger partial charge in [0.05, 0.1) is 19.1 Å². The number of ether oxygens (including phenoxy) is 2. The van der Waals surface area contributed by atoms with Gasteiger partial charge in [0.1, 0.15) is 13.2 Å². The number of aliphatic hydroxyl groups excluding tert-OH is 1. The highest BCUT2D eigenvalue weighted by Crippen LogP contribution is 2.12. The molecule has 0 aromatic rings. The average Bonchev–Trinajstić information content (AvgIpc) is 2.36. The minimum Gasteiger partial charge on any atom is -0.463 e. The normalized spacial score (nSPS) is 12.3. The molecule has 6 nitrogen and oxygen atoms in total. The molecule has 112 valence electrons. The average molecular weight is 275 g/mol. The fourth-order valence-electron chi connectivity index (χ4n) is 1.57. The molecule has 0 radical (unpaired) electrons. The van der Waals surface area contributed by atoms with Gasteiger partial charge in [-0.25, -0.2) is 0 Å². The molecule has 0 aliphatic rings. The van der Waals surface area contributed by atoms with Crippen LogP contribution in [0.15, 0.2) is 0 Å². The Kier molecular flexibility index (Phi) is 10.1. The molecule has 0 saturated heterocycles. The fraction of sp³-hybridized carbons (Fsp3) is 0.846. The van der Waals surface area contributed by atoms with E-state index in [9.17, 15) is 9.59 Å². The van der Waals surface area contributed by atoms with E-state index in [1.807, 2.05) is 6.92 Å². The Hall–Kier alpha value is -1.14. The standard InChI is InChI=1S/C13H25NO5/c1-10(2)8-11(3)13(17)19-7-6-18-5-4-14-12(16)9-15/h10-11,15H,4-9H2,1-3H3,(H,14,16). The van der Waals surface area contributed by atoms with Crippen molar-refractivity contribution >= 4 is 11.9 Å². The molecule has 6 heteroatoms. The van der Waals surface area contributed by atoms with E-state index in [-0.39, 0.29) is 18.5 Å². The van der Waals surface area contributed by atoms with Crippen molar-refractivity contribution in [3.8, 4) is 0 Å². The Morgan fingerprint density at radius 1 is 1.16 bits per heavy atom. The quantitative estimate of drug-likeness (QED) is 0.443. The summed E-state index contributed by atoms with van der Waals surface area (Å²) < 4.78 is 10.2. The summed E-state index contributed by atoms with van der Waals surface area (Å²) in [5.41, 5.74) is 0. The van der Waals surface area contributed by atoms with Crippen molar-refractivity contribution in [1.82, 2.24) is 5.32 Å². The molecule has 0 aliphatic carbocycles. The highest BCUT2D eigenvalue weighted by molar-refractivity contribution is 5.76. The van der Waals surface area contributed by atoms with Gasteiger partial charge in [-0.3, -0.25) is 9.59 Å². The fourth-order valence-corrected chi connectivity index (χ4v) is 1.57. The van der Waals surface area contributed by atoms with Gasteiger partial charge in [-0.2, -0.15) is 0 Å². The lowest BCUT2D eigenvalue weighted by molar-refractivity contribution is -0.150. The SMILES string of the molecule is CC(C)CC(C)C(=O)OCCOCCNC(=O)CO. The van der Waals surface area contributed by atoms with E-state index in [1.165, 1.54) is 0 Å². The van der Waals surface area contributed by atoms with Crippen LogP contribution in [0.5, 0.6) is 0 Å². The zero-order valence-electron chi connectivity index (χ0n) is 12.0. The van der Waals surface area contributed by atoms with Gasteiger partial charge >= 0.3 is 5.97 Å². The molecule has 0 aromatic heterocycles. The molecule has 2 N–H and O–H groups in total. The number of hydrogen-bond donors (Lipinski definition) is 2. The van der Waals surface area contributed by atoms with Crippen LogP contribution < -0.4 is 5.32 Å². The summed E-state index contributed by atoms with van der Waals surface area (Å²) in [6.07, 6.45) is 0.812. The van der Waals surface area contributed by atoms with Crippen molar-refractivity contribution in [2.24, 2.45) is 11.8 Å². The molecule has 1 amide bonds. The van der Waals surface area contributed by atoms with Crippen molar-refractivity contribution in [1.29, 1.82) is 0 Å². The Balaban J connectivity index is 3.43. The Morgan fingerprint density at radius 3 is 2.42 bits per heavy atom. The van der Waals surface area contributed by atoms with Crippen LogP contribution in [-0.2, 0) is 19.1 Å². The van der Waals surface area contributed by atoms with Crippen LogP contribution in [0.2, 0.25) is 0 Å². The second-order valence-electron chi connectivity index (χ2n) is 4.82. The number of carbonyl (C=O) groups excluding carboxylic acids is 2. The van der Waals surface area contributed by atoms with Gasteiger partial charge in [-0.1, -0.05) is 20.8 Å². The van der Waals surface area contributed by atoms with E-state index in [0.717, 1.165) is 6.42 Å². The third-order valence-corrected chi connectivity index (χ3v) is 2.41. The summed E-state index contributed by atoms with van der Waals surface area (Å²) in [7, 11) is 0. The van der Waals surface area contributed by atoms with Crippen LogP contribution in [0.3, 0.4) is 0 Å². The smallest absolute Gasteiger partial charge is 0.308 e. The molecule has 0 aromatic carbocycles. The minimum absolute atomic E-state index is 0.0937. The Bertz CT molecular complexity index is 268. The molecule has 0 aliphatic heterocycles. The first-order chi connectivity index (χ1) is 8.97. The third-order valence-electron chi connectivity index (χ3n) is 2.41. The molecule has 1 atom stereocenters. The van der Waals surface area contributed by atoms with E-state index in [0.29, 0.717) is 25.7 Å². The summed E-state index contributed by atoms with van der Waals surface area (Å²) in [6.45, 7) is 6.63. The summed E-state index contributed by atoms with van der Waals surface area (Å²) in [4.78, 5) is 22.2. The lowest BCUT2D eigenvalue weighted by atomic mass is 9.99. The van der Waals surface area contributed by atoms with Gasteiger partial charge in [0.25, 0.3) is 0 Å². The molecular weight excluding hydrogens is 250 g/mol. The molecule has 19 heavy (non-hydrogen) atoms. The van der Waals surface area contributed by atoms with Crippen LogP contribution in [0.1, 0.15) is 27.2 Å².